The summed E-state index contributed by atoms with van der Waals surface area (Å²) in [6.07, 6.45) is 5.42. The number of fused-ring (bicyclic) bond motifs is 1. The SMILES string of the molecule is Cc1c(C(=O)NCC2CCCO2)sc2ncn(CC(=O)N3CCC(C)CC3)c(=O)c12. The third-order valence-electron chi connectivity index (χ3n) is 6.08. The van der Waals surface area contributed by atoms with E-state index in [9.17, 15) is 14.4 Å². The van der Waals surface area contributed by atoms with E-state index >= 15 is 0 Å². The van der Waals surface area contributed by atoms with Crippen LogP contribution in [-0.4, -0.2) is 58.6 Å². The maximum absolute atomic E-state index is 13.0. The predicted molar refractivity (Wildman–Crippen MR) is 115 cm³/mol. The molecular weight excluding hydrogens is 404 g/mol. The Kier molecular flexibility index (Phi) is 6.19. The zero-order chi connectivity index (χ0) is 21.3. The molecule has 1 atom stereocenters. The van der Waals surface area contributed by atoms with Crippen molar-refractivity contribution in [2.45, 2.75) is 52.2 Å². The minimum atomic E-state index is -0.273. The topological polar surface area (TPSA) is 93.5 Å². The Hall–Kier alpha value is -2.26. The maximum Gasteiger partial charge on any atom is 0.262 e. The molecule has 0 saturated carbocycles. The normalized spacial score (nSPS) is 20.1. The third kappa shape index (κ3) is 4.27. The first-order chi connectivity index (χ1) is 14.4. The molecule has 2 saturated heterocycles. The van der Waals surface area contributed by atoms with Crippen LogP contribution < -0.4 is 10.9 Å². The lowest BCUT2D eigenvalue weighted by molar-refractivity contribution is -0.133. The molecule has 30 heavy (non-hydrogen) atoms. The summed E-state index contributed by atoms with van der Waals surface area (Å²) in [7, 11) is 0. The van der Waals surface area contributed by atoms with E-state index in [2.05, 4.69) is 17.2 Å². The first-order valence-corrected chi connectivity index (χ1v) is 11.4. The van der Waals surface area contributed by atoms with Crippen LogP contribution in [0.1, 0.15) is 47.8 Å². The second-order valence-corrected chi connectivity index (χ2v) is 9.32. The van der Waals surface area contributed by atoms with E-state index in [0.29, 0.717) is 33.1 Å². The van der Waals surface area contributed by atoms with Crippen LogP contribution in [0.2, 0.25) is 0 Å². The summed E-state index contributed by atoms with van der Waals surface area (Å²) in [4.78, 5) is 45.5. The summed E-state index contributed by atoms with van der Waals surface area (Å²) < 4.78 is 6.90. The fourth-order valence-corrected chi connectivity index (χ4v) is 5.14. The number of aromatic nitrogens is 2. The largest absolute Gasteiger partial charge is 0.376 e. The van der Waals surface area contributed by atoms with Gasteiger partial charge in [-0.15, -0.1) is 11.3 Å². The molecule has 4 heterocycles. The van der Waals surface area contributed by atoms with Crippen molar-refractivity contribution in [2.75, 3.05) is 26.2 Å². The second-order valence-electron chi connectivity index (χ2n) is 8.32. The van der Waals surface area contributed by atoms with Gasteiger partial charge in [0.25, 0.3) is 11.5 Å². The van der Waals surface area contributed by atoms with Gasteiger partial charge in [0.05, 0.1) is 22.7 Å². The van der Waals surface area contributed by atoms with Gasteiger partial charge in [-0.2, -0.15) is 0 Å². The molecule has 2 fully saturated rings. The Morgan fingerprint density at radius 3 is 2.77 bits per heavy atom. The lowest BCUT2D eigenvalue weighted by Gasteiger charge is -2.30. The molecule has 1 N–H and O–H groups in total. The number of carbonyl (C=O) groups excluding carboxylic acids is 2. The maximum atomic E-state index is 13.0. The second kappa shape index (κ2) is 8.85. The number of hydrogen-bond acceptors (Lipinski definition) is 6. The van der Waals surface area contributed by atoms with Crippen LogP contribution in [-0.2, 0) is 16.1 Å². The monoisotopic (exact) mass is 432 g/mol. The van der Waals surface area contributed by atoms with Crippen molar-refractivity contribution in [3.8, 4) is 0 Å². The number of ether oxygens (including phenoxy) is 1. The molecule has 9 heteroatoms. The lowest BCUT2D eigenvalue weighted by Crippen LogP contribution is -2.41. The van der Waals surface area contributed by atoms with E-state index in [1.165, 1.54) is 22.2 Å². The van der Waals surface area contributed by atoms with Gasteiger partial charge >= 0.3 is 0 Å². The summed E-state index contributed by atoms with van der Waals surface area (Å²) in [5.74, 6) is 0.357. The van der Waals surface area contributed by atoms with E-state index < -0.39 is 0 Å². The Labute approximate surface area is 179 Å². The average molecular weight is 433 g/mol. The molecule has 0 spiro atoms. The Balaban J connectivity index is 1.50. The van der Waals surface area contributed by atoms with E-state index in [1.807, 2.05) is 4.90 Å². The van der Waals surface area contributed by atoms with E-state index in [1.54, 1.807) is 6.92 Å². The molecule has 162 valence electrons. The quantitative estimate of drug-likeness (QED) is 0.779. The van der Waals surface area contributed by atoms with Crippen molar-refractivity contribution in [1.82, 2.24) is 19.8 Å². The van der Waals surface area contributed by atoms with Gasteiger partial charge in [0, 0.05) is 26.2 Å². The Bertz CT molecular complexity index is 1000. The molecule has 2 aliphatic rings. The van der Waals surface area contributed by atoms with Crippen molar-refractivity contribution >= 4 is 33.4 Å². The molecule has 2 aromatic rings. The van der Waals surface area contributed by atoms with Crippen LogP contribution in [0.4, 0.5) is 0 Å². The number of aryl methyl sites for hydroxylation is 1. The molecule has 1 unspecified atom stereocenters. The van der Waals surface area contributed by atoms with Crippen molar-refractivity contribution in [1.29, 1.82) is 0 Å². The van der Waals surface area contributed by atoms with Gasteiger partial charge in [0.1, 0.15) is 11.4 Å². The van der Waals surface area contributed by atoms with E-state index in [4.69, 9.17) is 4.74 Å². The van der Waals surface area contributed by atoms with Gasteiger partial charge in [0.15, 0.2) is 0 Å². The first-order valence-electron chi connectivity index (χ1n) is 10.6. The highest BCUT2D eigenvalue weighted by Crippen LogP contribution is 2.27. The summed E-state index contributed by atoms with van der Waals surface area (Å²) in [6.45, 7) is 6.60. The molecule has 2 amide bonds. The number of nitrogens with one attached hydrogen (secondary N) is 1. The molecule has 4 rings (SSSR count). The van der Waals surface area contributed by atoms with Gasteiger partial charge in [-0.1, -0.05) is 6.92 Å². The van der Waals surface area contributed by atoms with E-state index in [-0.39, 0.29) is 30.0 Å². The van der Waals surface area contributed by atoms with Crippen molar-refractivity contribution in [2.24, 2.45) is 5.92 Å². The minimum absolute atomic E-state index is 0.0218. The highest BCUT2D eigenvalue weighted by Gasteiger charge is 2.24. The number of likely N-dealkylation sites (tertiary alicyclic amines) is 1. The molecule has 0 bridgehead atoms. The first kappa shape index (κ1) is 21.0. The van der Waals surface area contributed by atoms with E-state index in [0.717, 1.165) is 45.4 Å². The van der Waals surface area contributed by atoms with Crippen LogP contribution >= 0.6 is 11.3 Å². The number of nitrogens with zero attached hydrogens (tertiary/aromatic N) is 3. The van der Waals surface area contributed by atoms with Crippen LogP contribution in [0.3, 0.4) is 0 Å². The lowest BCUT2D eigenvalue weighted by atomic mass is 9.99. The van der Waals surface area contributed by atoms with Crippen LogP contribution in [0.5, 0.6) is 0 Å². The zero-order valence-electron chi connectivity index (χ0n) is 17.5. The van der Waals surface area contributed by atoms with Crippen LogP contribution in [0, 0.1) is 12.8 Å². The summed E-state index contributed by atoms with van der Waals surface area (Å²) in [5.41, 5.74) is 0.344. The molecule has 2 aliphatic heterocycles. The van der Waals surface area contributed by atoms with Gasteiger partial charge in [-0.25, -0.2) is 4.98 Å². The summed E-state index contributed by atoms with van der Waals surface area (Å²) >= 11 is 1.21. The Morgan fingerprint density at radius 1 is 1.30 bits per heavy atom. The van der Waals surface area contributed by atoms with Crippen LogP contribution in [0.25, 0.3) is 10.2 Å². The van der Waals surface area contributed by atoms with Crippen molar-refractivity contribution in [3.05, 3.63) is 27.1 Å². The van der Waals surface area contributed by atoms with Crippen molar-refractivity contribution < 1.29 is 14.3 Å². The highest BCUT2D eigenvalue weighted by atomic mass is 32.1. The minimum Gasteiger partial charge on any atom is -0.376 e. The number of piperidine rings is 1. The third-order valence-corrected chi connectivity index (χ3v) is 7.28. The van der Waals surface area contributed by atoms with Gasteiger partial charge < -0.3 is 15.0 Å². The summed E-state index contributed by atoms with van der Waals surface area (Å²) in [6, 6.07) is 0. The number of carbonyl (C=O) groups is 2. The smallest absolute Gasteiger partial charge is 0.262 e. The molecule has 2 aromatic heterocycles. The van der Waals surface area contributed by atoms with Gasteiger partial charge in [0.2, 0.25) is 5.91 Å². The van der Waals surface area contributed by atoms with Crippen LogP contribution in [0.15, 0.2) is 11.1 Å². The molecule has 8 nitrogen and oxygen atoms in total. The van der Waals surface area contributed by atoms with Crippen molar-refractivity contribution in [3.63, 3.8) is 0 Å². The molecule has 0 radical (unpaired) electrons. The number of amides is 2. The Morgan fingerprint density at radius 2 is 2.07 bits per heavy atom. The fourth-order valence-electron chi connectivity index (χ4n) is 4.08. The highest BCUT2D eigenvalue weighted by molar-refractivity contribution is 7.20. The average Bonchev–Trinajstić information content (AvgIpc) is 3.37. The number of thiophene rings is 1. The number of rotatable bonds is 5. The number of hydrogen-bond donors (Lipinski definition) is 1. The summed E-state index contributed by atoms with van der Waals surface area (Å²) in [5, 5.41) is 3.33. The van der Waals surface area contributed by atoms with Gasteiger partial charge in [-0.3, -0.25) is 19.0 Å². The zero-order valence-corrected chi connectivity index (χ0v) is 18.3. The molecular formula is C21H28N4O4S. The fraction of sp³-hybridized carbons (Fsp3) is 0.619. The standard InChI is InChI=1S/C21H28N4O4S/c1-13-5-7-24(8-6-13)16(26)11-25-12-23-20-17(21(25)28)14(2)18(30-20)19(27)22-10-15-4-3-9-29-15/h12-13,15H,3-11H2,1-2H3,(H,22,27). The van der Waals surface area contributed by atoms with Gasteiger partial charge in [-0.05, 0) is 44.1 Å². The molecule has 0 aromatic carbocycles. The predicted octanol–water partition coefficient (Wildman–Crippen LogP) is 1.93. The molecule has 0 aliphatic carbocycles.